The molecule has 0 aliphatic heterocycles. The monoisotopic (exact) mass is 297 g/mol. The minimum atomic E-state index is -2.90. The van der Waals surface area contributed by atoms with Gasteiger partial charge in [0.1, 0.15) is 14.8 Å². The second-order valence-electron chi connectivity index (χ2n) is 4.15. The van der Waals surface area contributed by atoms with Gasteiger partial charge in [0.2, 0.25) is 0 Å². The van der Waals surface area contributed by atoms with Gasteiger partial charge >= 0.3 is 0 Å². The lowest BCUT2D eigenvalue weighted by atomic mass is 10.4. The Morgan fingerprint density at radius 3 is 2.84 bits per heavy atom. The van der Waals surface area contributed by atoms with Crippen LogP contribution in [-0.4, -0.2) is 36.9 Å². The molecular weight excluding hydrogens is 282 g/mol. The molecule has 0 aromatic carbocycles. The number of hydrogen-bond donors (Lipinski definition) is 1. The molecule has 7 heteroatoms. The van der Waals surface area contributed by atoms with E-state index < -0.39 is 9.84 Å². The van der Waals surface area contributed by atoms with Gasteiger partial charge in [-0.1, -0.05) is 6.07 Å². The predicted molar refractivity (Wildman–Crippen MR) is 76.8 cm³/mol. The molecule has 0 aliphatic rings. The maximum Gasteiger partial charge on any atom is 0.148 e. The molecule has 1 N–H and O–H groups in total. The molecule has 19 heavy (non-hydrogen) atoms. The maximum atomic E-state index is 11.0. The van der Waals surface area contributed by atoms with Crippen LogP contribution in [0.25, 0.3) is 10.7 Å². The standard InChI is InChI=1S/C12H15N3O2S2/c1-19(16,17)7-6-13-8-10-9-15-12(18-10)11-4-2-3-5-14-11/h2-5,9,13H,6-8H2,1H3. The Balaban J connectivity index is 1.88. The van der Waals surface area contributed by atoms with Crippen molar-refractivity contribution in [3.8, 4) is 10.7 Å². The van der Waals surface area contributed by atoms with E-state index in [-0.39, 0.29) is 5.75 Å². The molecular formula is C12H15N3O2S2. The van der Waals surface area contributed by atoms with E-state index in [2.05, 4.69) is 15.3 Å². The highest BCUT2D eigenvalue weighted by Crippen LogP contribution is 2.22. The van der Waals surface area contributed by atoms with Crippen molar-refractivity contribution >= 4 is 21.2 Å². The van der Waals surface area contributed by atoms with Gasteiger partial charge in [-0.05, 0) is 12.1 Å². The first kappa shape index (κ1) is 14.1. The summed E-state index contributed by atoms with van der Waals surface area (Å²) < 4.78 is 21.9. The summed E-state index contributed by atoms with van der Waals surface area (Å²) in [5.74, 6) is 0.152. The molecule has 0 amide bonds. The van der Waals surface area contributed by atoms with Crippen LogP contribution in [0.3, 0.4) is 0 Å². The number of aromatic nitrogens is 2. The molecule has 0 fully saturated rings. The molecule has 0 unspecified atom stereocenters. The average molecular weight is 297 g/mol. The zero-order valence-corrected chi connectivity index (χ0v) is 12.2. The van der Waals surface area contributed by atoms with Crippen molar-refractivity contribution in [1.29, 1.82) is 0 Å². The number of rotatable bonds is 6. The molecule has 0 saturated carbocycles. The van der Waals surface area contributed by atoms with Crippen molar-refractivity contribution in [3.05, 3.63) is 35.5 Å². The lowest BCUT2D eigenvalue weighted by Gasteiger charge is -2.00. The summed E-state index contributed by atoms with van der Waals surface area (Å²) in [4.78, 5) is 9.61. The van der Waals surface area contributed by atoms with Crippen LogP contribution in [0.5, 0.6) is 0 Å². The third kappa shape index (κ3) is 4.70. The molecule has 0 aliphatic carbocycles. The molecule has 2 aromatic rings. The van der Waals surface area contributed by atoms with Crippen LogP contribution in [0.15, 0.2) is 30.6 Å². The lowest BCUT2D eigenvalue weighted by Crippen LogP contribution is -2.21. The summed E-state index contributed by atoms with van der Waals surface area (Å²) in [6.07, 6.45) is 4.77. The largest absolute Gasteiger partial charge is 0.311 e. The van der Waals surface area contributed by atoms with Gasteiger partial charge in [0.15, 0.2) is 0 Å². The second kappa shape index (κ2) is 6.23. The Morgan fingerprint density at radius 1 is 1.32 bits per heavy atom. The first-order valence-corrected chi connectivity index (χ1v) is 8.67. The highest BCUT2D eigenvalue weighted by Gasteiger charge is 2.06. The summed E-state index contributed by atoms with van der Waals surface area (Å²) in [5.41, 5.74) is 0.856. The third-order valence-corrected chi connectivity index (χ3v) is 4.35. The summed E-state index contributed by atoms with van der Waals surface area (Å²) in [6, 6.07) is 5.71. The van der Waals surface area contributed by atoms with Crippen LogP contribution in [0.4, 0.5) is 0 Å². The number of nitrogens with one attached hydrogen (secondary N) is 1. The molecule has 2 heterocycles. The van der Waals surface area contributed by atoms with Crippen LogP contribution < -0.4 is 5.32 Å². The van der Waals surface area contributed by atoms with Crippen molar-refractivity contribution in [3.63, 3.8) is 0 Å². The van der Waals surface area contributed by atoms with Crippen molar-refractivity contribution in [2.45, 2.75) is 6.54 Å². The molecule has 0 radical (unpaired) electrons. The molecule has 5 nitrogen and oxygen atoms in total. The van der Waals surface area contributed by atoms with Crippen LogP contribution in [0.1, 0.15) is 4.88 Å². The zero-order valence-electron chi connectivity index (χ0n) is 10.5. The van der Waals surface area contributed by atoms with Crippen molar-refractivity contribution in [2.24, 2.45) is 0 Å². The van der Waals surface area contributed by atoms with E-state index in [1.54, 1.807) is 23.7 Å². The molecule has 2 rings (SSSR count). The molecule has 0 bridgehead atoms. The van der Waals surface area contributed by atoms with E-state index in [0.29, 0.717) is 13.1 Å². The fourth-order valence-electron chi connectivity index (χ4n) is 1.47. The van der Waals surface area contributed by atoms with E-state index in [9.17, 15) is 8.42 Å². The van der Waals surface area contributed by atoms with Crippen LogP contribution in [-0.2, 0) is 16.4 Å². The number of thiazole rings is 1. The van der Waals surface area contributed by atoms with Gasteiger partial charge in [-0.15, -0.1) is 11.3 Å². The Hall–Kier alpha value is -1.31. The predicted octanol–water partition coefficient (Wildman–Crippen LogP) is 1.34. The lowest BCUT2D eigenvalue weighted by molar-refractivity contribution is 0.596. The SMILES string of the molecule is CS(=O)(=O)CCNCc1cnc(-c2ccccn2)s1. The Kier molecular flexibility index (Phi) is 4.62. The van der Waals surface area contributed by atoms with Gasteiger partial charge in [-0.25, -0.2) is 13.4 Å². The van der Waals surface area contributed by atoms with Crippen LogP contribution in [0, 0.1) is 0 Å². The first-order chi connectivity index (χ1) is 9.04. The highest BCUT2D eigenvalue weighted by molar-refractivity contribution is 7.90. The van der Waals surface area contributed by atoms with E-state index >= 15 is 0 Å². The van der Waals surface area contributed by atoms with Gasteiger partial charge in [0.25, 0.3) is 0 Å². The normalized spacial score (nSPS) is 11.6. The smallest absolute Gasteiger partial charge is 0.148 e. The maximum absolute atomic E-state index is 11.0. The summed E-state index contributed by atoms with van der Waals surface area (Å²) >= 11 is 1.56. The molecule has 102 valence electrons. The number of hydrogen-bond acceptors (Lipinski definition) is 6. The Labute approximate surface area is 116 Å². The average Bonchev–Trinajstić information content (AvgIpc) is 2.83. The first-order valence-electron chi connectivity index (χ1n) is 5.79. The topological polar surface area (TPSA) is 72.0 Å². The zero-order chi connectivity index (χ0) is 13.7. The summed E-state index contributed by atoms with van der Waals surface area (Å²) in [5, 5.41) is 3.97. The third-order valence-electron chi connectivity index (χ3n) is 2.39. The van der Waals surface area contributed by atoms with Crippen molar-refractivity contribution < 1.29 is 8.42 Å². The molecule has 0 atom stereocenters. The van der Waals surface area contributed by atoms with Gasteiger partial charge in [-0.3, -0.25) is 4.98 Å². The number of nitrogens with zero attached hydrogens (tertiary/aromatic N) is 2. The van der Waals surface area contributed by atoms with E-state index in [1.165, 1.54) is 6.26 Å². The van der Waals surface area contributed by atoms with Gasteiger partial charge < -0.3 is 5.32 Å². The van der Waals surface area contributed by atoms with Gasteiger partial charge in [-0.2, -0.15) is 0 Å². The van der Waals surface area contributed by atoms with E-state index in [1.807, 2.05) is 18.2 Å². The van der Waals surface area contributed by atoms with E-state index in [4.69, 9.17) is 0 Å². The van der Waals surface area contributed by atoms with Gasteiger partial charge in [0, 0.05) is 36.6 Å². The fraction of sp³-hybridized carbons (Fsp3) is 0.333. The molecule has 0 saturated heterocycles. The quantitative estimate of drug-likeness (QED) is 0.815. The number of pyridine rings is 1. The molecule has 0 spiro atoms. The van der Waals surface area contributed by atoms with Crippen molar-refractivity contribution in [2.75, 3.05) is 18.6 Å². The minimum absolute atomic E-state index is 0.152. The second-order valence-corrected chi connectivity index (χ2v) is 7.53. The summed E-state index contributed by atoms with van der Waals surface area (Å²) in [6.45, 7) is 1.08. The van der Waals surface area contributed by atoms with Crippen molar-refractivity contribution in [1.82, 2.24) is 15.3 Å². The highest BCUT2D eigenvalue weighted by atomic mass is 32.2. The Bertz CT molecular complexity index is 623. The fourth-order valence-corrected chi connectivity index (χ4v) is 2.84. The van der Waals surface area contributed by atoms with E-state index in [0.717, 1.165) is 15.6 Å². The number of sulfone groups is 1. The van der Waals surface area contributed by atoms with Crippen LogP contribution >= 0.6 is 11.3 Å². The minimum Gasteiger partial charge on any atom is -0.311 e. The Morgan fingerprint density at radius 2 is 2.16 bits per heavy atom. The van der Waals surface area contributed by atoms with Crippen LogP contribution in [0.2, 0.25) is 0 Å². The van der Waals surface area contributed by atoms with Gasteiger partial charge in [0.05, 0.1) is 11.4 Å². The summed E-state index contributed by atoms with van der Waals surface area (Å²) in [7, 11) is -2.90. The molecule has 2 aromatic heterocycles.